The lowest BCUT2D eigenvalue weighted by Crippen LogP contribution is -2.21. The quantitative estimate of drug-likeness (QED) is 0.723. The van der Waals surface area contributed by atoms with Crippen molar-refractivity contribution in [2.24, 2.45) is 0 Å². The van der Waals surface area contributed by atoms with Crippen molar-refractivity contribution in [3.05, 3.63) is 56.8 Å². The summed E-state index contributed by atoms with van der Waals surface area (Å²) in [7, 11) is 0. The topological polar surface area (TPSA) is 39.3 Å². The van der Waals surface area contributed by atoms with Gasteiger partial charge in [0.15, 0.2) is 5.65 Å². The molecular weight excluding hydrogens is 246 g/mol. The Morgan fingerprint density at radius 2 is 2.06 bits per heavy atom. The molecule has 0 aliphatic heterocycles. The first-order chi connectivity index (χ1) is 8.78. The summed E-state index contributed by atoms with van der Waals surface area (Å²) in [5, 5.41) is 4.32. The zero-order valence-corrected chi connectivity index (χ0v) is 10.9. The van der Waals surface area contributed by atoms with E-state index in [1.807, 2.05) is 18.2 Å². The number of rotatable bonds is 3. The molecule has 0 aromatic carbocycles. The number of fused-ring (bicyclic) bond motifs is 1. The molecule has 0 unspecified atom stereocenters. The summed E-state index contributed by atoms with van der Waals surface area (Å²) in [6.45, 7) is 2.68. The van der Waals surface area contributed by atoms with Crippen LogP contribution < -0.4 is 5.69 Å². The molecule has 0 atom stereocenters. The molecule has 18 heavy (non-hydrogen) atoms. The Kier molecular flexibility index (Phi) is 2.76. The monoisotopic (exact) mass is 259 g/mol. The minimum absolute atomic E-state index is 0.0861. The summed E-state index contributed by atoms with van der Waals surface area (Å²) in [6.07, 6.45) is 2.78. The maximum atomic E-state index is 12.1. The molecule has 0 bridgehead atoms. The second-order valence-corrected chi connectivity index (χ2v) is 5.34. The Morgan fingerprint density at radius 3 is 2.78 bits per heavy atom. The van der Waals surface area contributed by atoms with E-state index in [0.717, 1.165) is 11.3 Å². The molecule has 0 fully saturated rings. The van der Waals surface area contributed by atoms with E-state index < -0.39 is 0 Å². The van der Waals surface area contributed by atoms with Crippen molar-refractivity contribution in [1.82, 2.24) is 14.2 Å². The molecule has 0 amide bonds. The van der Waals surface area contributed by atoms with Crippen LogP contribution in [0, 0.1) is 0 Å². The van der Waals surface area contributed by atoms with Gasteiger partial charge in [0.25, 0.3) is 0 Å². The van der Waals surface area contributed by atoms with Crippen LogP contribution in [0.1, 0.15) is 16.7 Å². The van der Waals surface area contributed by atoms with E-state index in [1.165, 1.54) is 9.56 Å². The zero-order valence-electron chi connectivity index (χ0n) is 10.0. The summed E-state index contributed by atoms with van der Waals surface area (Å²) in [5.41, 5.74) is 0.604. The van der Waals surface area contributed by atoms with Gasteiger partial charge in [0.2, 0.25) is 0 Å². The molecule has 0 saturated carbocycles. The van der Waals surface area contributed by atoms with E-state index in [4.69, 9.17) is 0 Å². The van der Waals surface area contributed by atoms with Crippen LogP contribution in [0.2, 0.25) is 0 Å². The second-order valence-electron chi connectivity index (χ2n) is 4.09. The first-order valence-electron chi connectivity index (χ1n) is 5.89. The van der Waals surface area contributed by atoms with Gasteiger partial charge in [0.05, 0.1) is 6.54 Å². The average Bonchev–Trinajstić information content (AvgIpc) is 2.97. The fourth-order valence-electron chi connectivity index (χ4n) is 1.92. The highest BCUT2D eigenvalue weighted by atomic mass is 32.1. The average molecular weight is 259 g/mol. The number of pyridine rings is 1. The van der Waals surface area contributed by atoms with Crippen molar-refractivity contribution in [3.8, 4) is 0 Å². The second kappa shape index (κ2) is 4.42. The Morgan fingerprint density at radius 1 is 1.22 bits per heavy atom. The van der Waals surface area contributed by atoms with Gasteiger partial charge in [-0.2, -0.15) is 0 Å². The molecule has 92 valence electrons. The molecule has 3 aromatic rings. The first kappa shape index (κ1) is 11.2. The predicted molar refractivity (Wildman–Crippen MR) is 72.3 cm³/mol. The summed E-state index contributed by atoms with van der Waals surface area (Å²) < 4.78 is 3.08. The lowest BCUT2D eigenvalue weighted by molar-refractivity contribution is 0.666. The highest BCUT2D eigenvalue weighted by Crippen LogP contribution is 2.17. The standard InChI is InChI=1S/C13H13N3OS/c1-2-10-6-7-11(18-10)9-16-13(17)15-8-4-3-5-12(15)14-16/h3-8H,2,9H2,1H3. The van der Waals surface area contributed by atoms with Gasteiger partial charge < -0.3 is 0 Å². The highest BCUT2D eigenvalue weighted by molar-refractivity contribution is 7.11. The highest BCUT2D eigenvalue weighted by Gasteiger charge is 2.07. The molecule has 4 nitrogen and oxygen atoms in total. The van der Waals surface area contributed by atoms with Crippen LogP contribution in [-0.2, 0) is 13.0 Å². The molecule has 3 aromatic heterocycles. The molecule has 0 spiro atoms. The number of nitrogens with zero attached hydrogens (tertiary/aromatic N) is 3. The van der Waals surface area contributed by atoms with Crippen LogP contribution in [0.25, 0.3) is 5.65 Å². The third-order valence-corrected chi connectivity index (χ3v) is 4.07. The number of hydrogen-bond donors (Lipinski definition) is 0. The maximum absolute atomic E-state index is 12.1. The third kappa shape index (κ3) is 1.86. The minimum atomic E-state index is -0.0861. The summed E-state index contributed by atoms with van der Waals surface area (Å²) >= 11 is 1.74. The molecule has 3 heterocycles. The molecule has 5 heteroatoms. The molecule has 0 aliphatic carbocycles. The fourth-order valence-corrected chi connectivity index (χ4v) is 2.86. The smallest absolute Gasteiger partial charge is 0.250 e. The van der Waals surface area contributed by atoms with Crippen LogP contribution in [0.3, 0.4) is 0 Å². The molecule has 0 radical (unpaired) electrons. The van der Waals surface area contributed by atoms with Gasteiger partial charge in [-0.15, -0.1) is 16.4 Å². The normalized spacial score (nSPS) is 11.2. The lowest BCUT2D eigenvalue weighted by atomic mass is 10.4. The molecule has 3 rings (SSSR count). The Hall–Kier alpha value is -1.88. The molecular formula is C13H13N3OS. The molecule has 0 aliphatic rings. The third-order valence-electron chi connectivity index (χ3n) is 2.86. The van der Waals surface area contributed by atoms with E-state index in [2.05, 4.69) is 24.2 Å². The van der Waals surface area contributed by atoms with Gasteiger partial charge in [-0.1, -0.05) is 13.0 Å². The van der Waals surface area contributed by atoms with Crippen LogP contribution in [0.4, 0.5) is 0 Å². The van der Waals surface area contributed by atoms with E-state index in [0.29, 0.717) is 12.2 Å². The van der Waals surface area contributed by atoms with Crippen LogP contribution in [0.15, 0.2) is 41.3 Å². The van der Waals surface area contributed by atoms with Crippen LogP contribution >= 0.6 is 11.3 Å². The number of aryl methyl sites for hydroxylation is 1. The van der Waals surface area contributed by atoms with Crippen molar-refractivity contribution >= 4 is 17.0 Å². The number of aromatic nitrogens is 3. The summed E-state index contributed by atoms with van der Waals surface area (Å²) in [4.78, 5) is 14.6. The zero-order chi connectivity index (χ0) is 12.5. The fraction of sp³-hybridized carbons (Fsp3) is 0.231. The lowest BCUT2D eigenvalue weighted by Gasteiger charge is -1.94. The van der Waals surface area contributed by atoms with Crippen molar-refractivity contribution in [1.29, 1.82) is 0 Å². The van der Waals surface area contributed by atoms with E-state index >= 15 is 0 Å². The van der Waals surface area contributed by atoms with Crippen LogP contribution in [0.5, 0.6) is 0 Å². The maximum Gasteiger partial charge on any atom is 0.350 e. The summed E-state index contributed by atoms with van der Waals surface area (Å²) in [6, 6.07) is 9.73. The van der Waals surface area contributed by atoms with Gasteiger partial charge in [-0.3, -0.25) is 4.40 Å². The van der Waals surface area contributed by atoms with E-state index in [-0.39, 0.29) is 5.69 Å². The van der Waals surface area contributed by atoms with Crippen molar-refractivity contribution in [2.45, 2.75) is 19.9 Å². The Balaban J connectivity index is 1.99. The van der Waals surface area contributed by atoms with Crippen molar-refractivity contribution in [3.63, 3.8) is 0 Å². The van der Waals surface area contributed by atoms with Crippen molar-refractivity contribution in [2.75, 3.05) is 0 Å². The van der Waals surface area contributed by atoms with Gasteiger partial charge >= 0.3 is 5.69 Å². The van der Waals surface area contributed by atoms with E-state index in [1.54, 1.807) is 21.9 Å². The first-order valence-corrected chi connectivity index (χ1v) is 6.71. The number of hydrogen-bond acceptors (Lipinski definition) is 3. The Bertz CT molecular complexity index is 738. The SMILES string of the molecule is CCc1ccc(Cn2nc3ccccn3c2=O)s1. The van der Waals surface area contributed by atoms with Gasteiger partial charge in [-0.05, 0) is 30.7 Å². The van der Waals surface area contributed by atoms with Crippen molar-refractivity contribution < 1.29 is 0 Å². The summed E-state index contributed by atoms with van der Waals surface area (Å²) in [5.74, 6) is 0. The molecule has 0 saturated heterocycles. The van der Waals surface area contributed by atoms with Gasteiger partial charge in [-0.25, -0.2) is 9.48 Å². The largest absolute Gasteiger partial charge is 0.350 e. The van der Waals surface area contributed by atoms with Gasteiger partial charge in [0, 0.05) is 16.0 Å². The minimum Gasteiger partial charge on any atom is -0.250 e. The van der Waals surface area contributed by atoms with Gasteiger partial charge in [0.1, 0.15) is 0 Å². The predicted octanol–water partition coefficient (Wildman–Crippen LogP) is 2.17. The van der Waals surface area contributed by atoms with Crippen LogP contribution in [-0.4, -0.2) is 14.2 Å². The molecule has 0 N–H and O–H groups in total. The Labute approximate surface area is 108 Å². The van der Waals surface area contributed by atoms with E-state index in [9.17, 15) is 4.79 Å². The number of thiophene rings is 1.